The van der Waals surface area contributed by atoms with Crippen LogP contribution in [0.2, 0.25) is 0 Å². The SMILES string of the molecule is Cn1cc(CN2CC[C@@H](O)[C@@H]2Cc2ccccc2)cn1. The first-order chi connectivity index (χ1) is 9.72. The number of benzene rings is 1. The zero-order valence-electron chi connectivity index (χ0n) is 11.8. The lowest BCUT2D eigenvalue weighted by Crippen LogP contribution is -2.36. The number of hydrogen-bond acceptors (Lipinski definition) is 3. The molecule has 4 nitrogen and oxygen atoms in total. The van der Waals surface area contributed by atoms with Crippen LogP contribution in [0.5, 0.6) is 0 Å². The highest BCUT2D eigenvalue weighted by Gasteiger charge is 2.32. The number of likely N-dealkylation sites (tertiary alicyclic amines) is 1. The molecule has 2 heterocycles. The van der Waals surface area contributed by atoms with Crippen molar-refractivity contribution >= 4 is 0 Å². The molecule has 0 unspecified atom stereocenters. The van der Waals surface area contributed by atoms with Gasteiger partial charge in [0.25, 0.3) is 0 Å². The van der Waals surface area contributed by atoms with Crippen molar-refractivity contribution in [1.29, 1.82) is 0 Å². The number of aliphatic hydroxyl groups excluding tert-OH is 1. The van der Waals surface area contributed by atoms with Gasteiger partial charge in [-0.3, -0.25) is 9.58 Å². The van der Waals surface area contributed by atoms with Gasteiger partial charge >= 0.3 is 0 Å². The maximum atomic E-state index is 10.2. The van der Waals surface area contributed by atoms with Crippen LogP contribution < -0.4 is 0 Å². The Morgan fingerprint density at radius 2 is 2.05 bits per heavy atom. The Labute approximate surface area is 119 Å². The van der Waals surface area contributed by atoms with Crippen LogP contribution >= 0.6 is 0 Å². The summed E-state index contributed by atoms with van der Waals surface area (Å²) >= 11 is 0. The number of nitrogens with zero attached hydrogens (tertiary/aromatic N) is 3. The second kappa shape index (κ2) is 5.77. The average Bonchev–Trinajstić information content (AvgIpc) is 3.01. The summed E-state index contributed by atoms with van der Waals surface area (Å²) in [7, 11) is 1.93. The zero-order chi connectivity index (χ0) is 13.9. The fourth-order valence-corrected chi connectivity index (χ4v) is 3.00. The van der Waals surface area contributed by atoms with Crippen LogP contribution in [0.25, 0.3) is 0 Å². The van der Waals surface area contributed by atoms with Crippen LogP contribution in [-0.2, 0) is 20.0 Å². The molecule has 2 atom stereocenters. The lowest BCUT2D eigenvalue weighted by atomic mass is 10.0. The molecule has 1 saturated heterocycles. The van der Waals surface area contributed by atoms with Crippen molar-refractivity contribution in [3.63, 3.8) is 0 Å². The van der Waals surface area contributed by atoms with Gasteiger partial charge in [-0.05, 0) is 18.4 Å². The smallest absolute Gasteiger partial charge is 0.0710 e. The van der Waals surface area contributed by atoms with E-state index in [9.17, 15) is 5.11 Å². The summed E-state index contributed by atoms with van der Waals surface area (Å²) in [6.07, 6.45) is 5.49. The molecule has 106 valence electrons. The maximum absolute atomic E-state index is 10.2. The number of aliphatic hydroxyl groups is 1. The van der Waals surface area contributed by atoms with Gasteiger partial charge in [-0.25, -0.2) is 0 Å². The molecular weight excluding hydrogens is 250 g/mol. The number of hydrogen-bond donors (Lipinski definition) is 1. The molecular formula is C16H21N3O. The summed E-state index contributed by atoms with van der Waals surface area (Å²) in [5, 5.41) is 14.5. The van der Waals surface area contributed by atoms with Crippen LogP contribution in [0.1, 0.15) is 17.5 Å². The molecule has 20 heavy (non-hydrogen) atoms. The Morgan fingerprint density at radius 1 is 1.25 bits per heavy atom. The Kier molecular flexibility index (Phi) is 3.85. The molecule has 0 bridgehead atoms. The summed E-state index contributed by atoms with van der Waals surface area (Å²) in [6, 6.07) is 10.6. The summed E-state index contributed by atoms with van der Waals surface area (Å²) in [6.45, 7) is 1.82. The third-order valence-corrected chi connectivity index (χ3v) is 4.06. The monoisotopic (exact) mass is 271 g/mol. The minimum Gasteiger partial charge on any atom is -0.391 e. The third-order valence-electron chi connectivity index (χ3n) is 4.06. The van der Waals surface area contributed by atoms with E-state index in [4.69, 9.17) is 0 Å². The highest BCUT2D eigenvalue weighted by atomic mass is 16.3. The second-order valence-electron chi connectivity index (χ2n) is 5.61. The second-order valence-corrected chi connectivity index (χ2v) is 5.61. The van der Waals surface area contributed by atoms with Crippen LogP contribution in [0.4, 0.5) is 0 Å². The number of rotatable bonds is 4. The zero-order valence-corrected chi connectivity index (χ0v) is 11.8. The van der Waals surface area contributed by atoms with Gasteiger partial charge in [0.15, 0.2) is 0 Å². The summed E-state index contributed by atoms with van der Waals surface area (Å²) in [4.78, 5) is 2.37. The highest BCUT2D eigenvalue weighted by Crippen LogP contribution is 2.23. The lowest BCUT2D eigenvalue weighted by molar-refractivity contribution is 0.112. The van der Waals surface area contributed by atoms with E-state index in [2.05, 4.69) is 34.3 Å². The number of aromatic nitrogens is 2. The maximum Gasteiger partial charge on any atom is 0.0710 e. The minimum absolute atomic E-state index is 0.206. The van der Waals surface area contributed by atoms with E-state index in [0.29, 0.717) is 0 Å². The summed E-state index contributed by atoms with van der Waals surface area (Å²) in [5.41, 5.74) is 2.49. The molecule has 2 aromatic rings. The molecule has 3 rings (SSSR count). The van der Waals surface area contributed by atoms with Crippen molar-refractivity contribution in [3.8, 4) is 0 Å². The van der Waals surface area contributed by atoms with E-state index >= 15 is 0 Å². The van der Waals surface area contributed by atoms with Gasteiger partial charge in [-0.1, -0.05) is 30.3 Å². The first-order valence-corrected chi connectivity index (χ1v) is 7.16. The fourth-order valence-electron chi connectivity index (χ4n) is 3.00. The molecule has 1 fully saturated rings. The average molecular weight is 271 g/mol. The van der Waals surface area contributed by atoms with Crippen molar-refractivity contribution in [2.45, 2.75) is 31.5 Å². The van der Waals surface area contributed by atoms with Crippen molar-refractivity contribution in [1.82, 2.24) is 14.7 Å². The predicted molar refractivity (Wildman–Crippen MR) is 78.2 cm³/mol. The summed E-state index contributed by atoms with van der Waals surface area (Å²) < 4.78 is 1.83. The van der Waals surface area contributed by atoms with E-state index in [0.717, 1.165) is 25.9 Å². The normalized spacial score (nSPS) is 23.3. The topological polar surface area (TPSA) is 41.3 Å². The molecule has 0 amide bonds. The molecule has 1 aliphatic rings. The Balaban J connectivity index is 1.70. The molecule has 0 saturated carbocycles. The van der Waals surface area contributed by atoms with Gasteiger partial charge in [0.05, 0.1) is 12.3 Å². The molecule has 1 aliphatic heterocycles. The van der Waals surface area contributed by atoms with Crippen LogP contribution in [0.15, 0.2) is 42.7 Å². The molecule has 1 aromatic carbocycles. The van der Waals surface area contributed by atoms with E-state index in [-0.39, 0.29) is 12.1 Å². The molecule has 1 N–H and O–H groups in total. The quantitative estimate of drug-likeness (QED) is 0.918. The van der Waals surface area contributed by atoms with Gasteiger partial charge in [0, 0.05) is 37.9 Å². The van der Waals surface area contributed by atoms with Gasteiger partial charge in [-0.2, -0.15) is 5.10 Å². The Bertz CT molecular complexity index is 552. The van der Waals surface area contributed by atoms with E-state index < -0.39 is 0 Å². The number of aryl methyl sites for hydroxylation is 1. The van der Waals surface area contributed by atoms with E-state index in [1.54, 1.807) is 0 Å². The summed E-state index contributed by atoms with van der Waals surface area (Å²) in [5.74, 6) is 0. The lowest BCUT2D eigenvalue weighted by Gasteiger charge is -2.25. The predicted octanol–water partition coefficient (Wildman–Crippen LogP) is 1.60. The Hall–Kier alpha value is -1.65. The van der Waals surface area contributed by atoms with Gasteiger partial charge in [0.2, 0.25) is 0 Å². The van der Waals surface area contributed by atoms with E-state index in [1.807, 2.05) is 30.2 Å². The molecule has 1 aromatic heterocycles. The molecule has 4 heteroatoms. The third kappa shape index (κ3) is 2.92. The van der Waals surface area contributed by atoms with Crippen molar-refractivity contribution in [2.75, 3.05) is 6.54 Å². The highest BCUT2D eigenvalue weighted by molar-refractivity contribution is 5.17. The van der Waals surface area contributed by atoms with Crippen molar-refractivity contribution < 1.29 is 5.11 Å². The van der Waals surface area contributed by atoms with Crippen LogP contribution in [0.3, 0.4) is 0 Å². The standard InChI is InChI=1S/C16H21N3O/c1-18-11-14(10-17-18)12-19-8-7-16(20)15(19)9-13-5-3-2-4-6-13/h2-6,10-11,15-16,20H,7-9,12H2,1H3/t15-,16+/m0/s1. The molecule has 0 radical (unpaired) electrons. The Morgan fingerprint density at radius 3 is 2.75 bits per heavy atom. The van der Waals surface area contributed by atoms with Crippen LogP contribution in [0, 0.1) is 0 Å². The van der Waals surface area contributed by atoms with Crippen molar-refractivity contribution in [2.24, 2.45) is 7.05 Å². The van der Waals surface area contributed by atoms with Gasteiger partial charge in [0.1, 0.15) is 0 Å². The van der Waals surface area contributed by atoms with E-state index in [1.165, 1.54) is 11.1 Å². The van der Waals surface area contributed by atoms with Gasteiger partial charge < -0.3 is 5.11 Å². The minimum atomic E-state index is -0.230. The molecule has 0 aliphatic carbocycles. The van der Waals surface area contributed by atoms with Crippen LogP contribution in [-0.4, -0.2) is 38.5 Å². The first-order valence-electron chi connectivity index (χ1n) is 7.16. The fraction of sp³-hybridized carbons (Fsp3) is 0.438. The largest absolute Gasteiger partial charge is 0.391 e. The first kappa shape index (κ1) is 13.3. The molecule has 0 spiro atoms. The van der Waals surface area contributed by atoms with Gasteiger partial charge in [-0.15, -0.1) is 0 Å². The van der Waals surface area contributed by atoms with Crippen molar-refractivity contribution in [3.05, 3.63) is 53.9 Å².